The zero-order valence-corrected chi connectivity index (χ0v) is 14.7. The third-order valence-corrected chi connectivity index (χ3v) is 5.12. The summed E-state index contributed by atoms with van der Waals surface area (Å²) in [4.78, 5) is 6.64. The predicted octanol–water partition coefficient (Wildman–Crippen LogP) is 2.03. The first-order chi connectivity index (χ1) is 10.1. The van der Waals surface area contributed by atoms with Crippen LogP contribution in [-0.4, -0.2) is 37.1 Å². The van der Waals surface area contributed by atoms with Crippen molar-refractivity contribution in [2.24, 2.45) is 11.1 Å². The van der Waals surface area contributed by atoms with Gasteiger partial charge >= 0.3 is 0 Å². The SMILES string of the molecule is C[C@@H](c1ncc(C(C)(C)C)o1)N1CCC[C@H](CS(N)(=O)=O)C1. The van der Waals surface area contributed by atoms with E-state index in [9.17, 15) is 8.42 Å². The van der Waals surface area contributed by atoms with Crippen LogP contribution in [0.4, 0.5) is 0 Å². The van der Waals surface area contributed by atoms with E-state index in [-0.39, 0.29) is 23.1 Å². The maximum atomic E-state index is 11.3. The van der Waals surface area contributed by atoms with Gasteiger partial charge in [0.15, 0.2) is 0 Å². The van der Waals surface area contributed by atoms with Crippen LogP contribution in [0, 0.1) is 5.92 Å². The Morgan fingerprint density at radius 3 is 2.73 bits per heavy atom. The summed E-state index contributed by atoms with van der Waals surface area (Å²) >= 11 is 0. The number of nitrogens with two attached hydrogens (primary N) is 1. The molecule has 0 saturated carbocycles. The van der Waals surface area contributed by atoms with Crippen LogP contribution in [0.25, 0.3) is 0 Å². The molecule has 2 heterocycles. The fourth-order valence-electron chi connectivity index (χ4n) is 2.90. The third-order valence-electron chi connectivity index (χ3n) is 4.19. The number of hydrogen-bond donors (Lipinski definition) is 1. The van der Waals surface area contributed by atoms with Crippen LogP contribution in [0.2, 0.25) is 0 Å². The van der Waals surface area contributed by atoms with Crippen molar-refractivity contribution in [3.8, 4) is 0 Å². The molecule has 0 amide bonds. The molecule has 2 N–H and O–H groups in total. The monoisotopic (exact) mass is 329 g/mol. The van der Waals surface area contributed by atoms with E-state index in [1.807, 2.05) is 0 Å². The van der Waals surface area contributed by atoms with Gasteiger partial charge in [-0.15, -0.1) is 0 Å². The number of primary sulfonamides is 1. The van der Waals surface area contributed by atoms with Gasteiger partial charge < -0.3 is 4.42 Å². The van der Waals surface area contributed by atoms with Gasteiger partial charge in [-0.05, 0) is 32.2 Å². The topological polar surface area (TPSA) is 89.4 Å². The zero-order chi connectivity index (χ0) is 16.5. The Hall–Kier alpha value is -0.920. The minimum atomic E-state index is -3.42. The summed E-state index contributed by atoms with van der Waals surface area (Å²) in [6.07, 6.45) is 3.66. The molecule has 1 aliphatic rings. The van der Waals surface area contributed by atoms with Crippen molar-refractivity contribution in [3.05, 3.63) is 17.8 Å². The van der Waals surface area contributed by atoms with E-state index in [1.165, 1.54) is 0 Å². The summed E-state index contributed by atoms with van der Waals surface area (Å²) in [6.45, 7) is 9.96. The van der Waals surface area contributed by atoms with Crippen molar-refractivity contribution in [2.75, 3.05) is 18.8 Å². The molecule has 6 nitrogen and oxygen atoms in total. The highest BCUT2D eigenvalue weighted by Gasteiger charge is 2.29. The second kappa shape index (κ2) is 6.29. The van der Waals surface area contributed by atoms with E-state index in [4.69, 9.17) is 9.56 Å². The largest absolute Gasteiger partial charge is 0.443 e. The normalized spacial score (nSPS) is 22.7. The van der Waals surface area contributed by atoms with Crippen LogP contribution >= 0.6 is 0 Å². The molecular weight excluding hydrogens is 302 g/mol. The van der Waals surface area contributed by atoms with Gasteiger partial charge in [-0.1, -0.05) is 20.8 Å². The molecule has 0 radical (unpaired) electrons. The predicted molar refractivity (Wildman–Crippen MR) is 85.9 cm³/mol. The van der Waals surface area contributed by atoms with Gasteiger partial charge in [-0.3, -0.25) is 4.90 Å². The lowest BCUT2D eigenvalue weighted by Crippen LogP contribution is -2.40. The molecule has 0 spiro atoms. The molecule has 1 aliphatic heterocycles. The fourth-order valence-corrected chi connectivity index (χ4v) is 3.83. The summed E-state index contributed by atoms with van der Waals surface area (Å²) in [5, 5.41) is 5.17. The van der Waals surface area contributed by atoms with E-state index >= 15 is 0 Å². The number of nitrogens with zero attached hydrogens (tertiary/aromatic N) is 2. The van der Waals surface area contributed by atoms with Crippen molar-refractivity contribution < 1.29 is 12.8 Å². The molecule has 7 heteroatoms. The molecule has 0 bridgehead atoms. The molecule has 1 aromatic heterocycles. The minimum absolute atomic E-state index is 0.0411. The summed E-state index contributed by atoms with van der Waals surface area (Å²) in [7, 11) is -3.42. The van der Waals surface area contributed by atoms with Crippen LogP contribution in [0.3, 0.4) is 0 Å². The zero-order valence-electron chi connectivity index (χ0n) is 13.9. The standard InChI is InChI=1S/C15H27N3O3S/c1-11(14-17-8-13(21-14)15(2,3)4)18-7-5-6-12(9-18)10-22(16,19)20/h8,11-12H,5-7,9-10H2,1-4H3,(H2,16,19,20)/t11-,12-/m0/s1. The van der Waals surface area contributed by atoms with Gasteiger partial charge in [0.1, 0.15) is 5.76 Å². The van der Waals surface area contributed by atoms with Gasteiger partial charge in [0.05, 0.1) is 18.0 Å². The molecule has 126 valence electrons. The van der Waals surface area contributed by atoms with Crippen molar-refractivity contribution in [1.29, 1.82) is 0 Å². The molecule has 22 heavy (non-hydrogen) atoms. The Morgan fingerprint density at radius 2 is 2.18 bits per heavy atom. The van der Waals surface area contributed by atoms with Crippen LogP contribution < -0.4 is 5.14 Å². The van der Waals surface area contributed by atoms with E-state index in [0.29, 0.717) is 12.4 Å². The molecule has 0 aliphatic carbocycles. The molecule has 0 unspecified atom stereocenters. The van der Waals surface area contributed by atoms with E-state index in [1.54, 1.807) is 6.20 Å². The van der Waals surface area contributed by atoms with E-state index < -0.39 is 10.0 Å². The lowest BCUT2D eigenvalue weighted by Gasteiger charge is -2.35. The van der Waals surface area contributed by atoms with Crippen molar-refractivity contribution in [1.82, 2.24) is 9.88 Å². The Kier molecular flexibility index (Phi) is 4.99. The molecule has 1 aromatic rings. The summed E-state index contributed by atoms with van der Waals surface area (Å²) in [5.74, 6) is 1.70. The molecule has 1 fully saturated rings. The summed E-state index contributed by atoms with van der Waals surface area (Å²) in [5.41, 5.74) is -0.0664. The number of aromatic nitrogens is 1. The maximum Gasteiger partial charge on any atom is 0.211 e. The third kappa shape index (κ3) is 4.54. The average Bonchev–Trinajstić information content (AvgIpc) is 2.85. The Bertz CT molecular complexity index is 604. The number of likely N-dealkylation sites (tertiary alicyclic amines) is 1. The Morgan fingerprint density at radius 1 is 1.50 bits per heavy atom. The van der Waals surface area contributed by atoms with Gasteiger partial charge in [0.2, 0.25) is 15.9 Å². The number of oxazole rings is 1. The van der Waals surface area contributed by atoms with Crippen molar-refractivity contribution in [2.45, 2.75) is 52.0 Å². The smallest absolute Gasteiger partial charge is 0.211 e. The first kappa shape index (κ1) is 17.4. The van der Waals surface area contributed by atoms with Gasteiger partial charge in [-0.25, -0.2) is 18.5 Å². The summed E-state index contributed by atoms with van der Waals surface area (Å²) in [6, 6.07) is 0.0411. The lowest BCUT2D eigenvalue weighted by molar-refractivity contribution is 0.121. The fraction of sp³-hybridized carbons (Fsp3) is 0.800. The molecular formula is C15H27N3O3S. The van der Waals surface area contributed by atoms with E-state index in [2.05, 4.69) is 37.6 Å². The Labute approximate surface area is 133 Å². The number of sulfonamides is 1. The van der Waals surface area contributed by atoms with Gasteiger partial charge in [-0.2, -0.15) is 0 Å². The van der Waals surface area contributed by atoms with Crippen LogP contribution in [0.1, 0.15) is 58.2 Å². The molecule has 1 saturated heterocycles. The summed E-state index contributed by atoms with van der Waals surface area (Å²) < 4.78 is 28.5. The quantitative estimate of drug-likeness (QED) is 0.913. The highest BCUT2D eigenvalue weighted by atomic mass is 32.2. The maximum absolute atomic E-state index is 11.3. The van der Waals surface area contributed by atoms with E-state index in [0.717, 1.165) is 25.1 Å². The molecule has 2 atom stereocenters. The van der Waals surface area contributed by atoms with Gasteiger partial charge in [0, 0.05) is 12.0 Å². The first-order valence-electron chi connectivity index (χ1n) is 7.77. The second-order valence-corrected chi connectivity index (χ2v) is 8.98. The molecule has 2 rings (SSSR count). The highest BCUT2D eigenvalue weighted by Crippen LogP contribution is 2.29. The van der Waals surface area contributed by atoms with Crippen LogP contribution in [-0.2, 0) is 15.4 Å². The number of hydrogen-bond acceptors (Lipinski definition) is 5. The number of rotatable bonds is 4. The average molecular weight is 329 g/mol. The Balaban J connectivity index is 2.05. The molecule has 0 aromatic carbocycles. The van der Waals surface area contributed by atoms with Crippen LogP contribution in [0.15, 0.2) is 10.6 Å². The lowest BCUT2D eigenvalue weighted by atomic mass is 9.94. The highest BCUT2D eigenvalue weighted by molar-refractivity contribution is 7.89. The van der Waals surface area contributed by atoms with Crippen LogP contribution in [0.5, 0.6) is 0 Å². The first-order valence-corrected chi connectivity index (χ1v) is 9.48. The second-order valence-electron chi connectivity index (χ2n) is 7.32. The van der Waals surface area contributed by atoms with Crippen molar-refractivity contribution >= 4 is 10.0 Å². The van der Waals surface area contributed by atoms with Crippen molar-refractivity contribution in [3.63, 3.8) is 0 Å². The number of piperidine rings is 1. The van der Waals surface area contributed by atoms with Gasteiger partial charge in [0.25, 0.3) is 0 Å². The minimum Gasteiger partial charge on any atom is -0.443 e.